The molecule has 7 heteroatoms. The largest absolute Gasteiger partial charge is 0.477 e. The summed E-state index contributed by atoms with van der Waals surface area (Å²) in [7, 11) is 0. The normalized spacial score (nSPS) is 15.2. The highest BCUT2D eigenvalue weighted by molar-refractivity contribution is 5.78. The third kappa shape index (κ3) is 17.0. The van der Waals surface area contributed by atoms with E-state index in [0.29, 0.717) is 25.7 Å². The van der Waals surface area contributed by atoms with E-state index in [-0.39, 0.29) is 30.3 Å². The molecule has 0 bridgehead atoms. The molecule has 3 unspecified atom stereocenters. The lowest BCUT2D eigenvalue weighted by Crippen LogP contribution is -2.72. The summed E-state index contributed by atoms with van der Waals surface area (Å²) in [6.07, 6.45) is 28.9. The molecule has 0 aliphatic rings. The van der Waals surface area contributed by atoms with Gasteiger partial charge in [0.1, 0.15) is 0 Å². The minimum absolute atomic E-state index is 0.270. The van der Waals surface area contributed by atoms with Crippen LogP contribution in [-0.2, 0) is 14.4 Å². The van der Waals surface area contributed by atoms with Gasteiger partial charge in [-0.3, -0.25) is 4.48 Å². The predicted octanol–water partition coefficient (Wildman–Crippen LogP) is 10.2. The van der Waals surface area contributed by atoms with Crippen molar-refractivity contribution in [3.05, 3.63) is 12.2 Å². The van der Waals surface area contributed by atoms with Gasteiger partial charge in [-0.2, -0.15) is 0 Å². The molecule has 0 amide bonds. The van der Waals surface area contributed by atoms with Crippen LogP contribution in [0.3, 0.4) is 0 Å². The van der Waals surface area contributed by atoms with Gasteiger partial charge in [0.25, 0.3) is 0 Å². The van der Waals surface area contributed by atoms with Crippen LogP contribution in [0.4, 0.5) is 0 Å². The molecule has 0 fully saturated rings. The fourth-order valence-electron chi connectivity index (χ4n) is 6.99. The second kappa shape index (κ2) is 27.4. The third-order valence-electron chi connectivity index (χ3n) is 9.34. The minimum atomic E-state index is -1.08. The van der Waals surface area contributed by atoms with E-state index in [1.54, 1.807) is 0 Å². The Hall–Kier alpha value is -1.89. The second-order valence-electron chi connectivity index (χ2n) is 13.0. The Labute approximate surface area is 270 Å². The van der Waals surface area contributed by atoms with E-state index in [0.717, 1.165) is 19.3 Å². The van der Waals surface area contributed by atoms with Crippen LogP contribution >= 0.6 is 0 Å². The summed E-state index contributed by atoms with van der Waals surface area (Å²) < 4.78 is -0.370. The monoisotopic (exact) mass is 625 g/mol. The predicted molar refractivity (Wildman–Crippen MR) is 182 cm³/mol. The molecule has 258 valence electrons. The zero-order chi connectivity index (χ0) is 33.1. The van der Waals surface area contributed by atoms with E-state index in [1.165, 1.54) is 89.9 Å². The number of carboxylic acids is 3. The lowest BCUT2D eigenvalue weighted by molar-refractivity contribution is -0.973. The van der Waals surface area contributed by atoms with Gasteiger partial charge >= 0.3 is 17.9 Å². The SMILES string of the molecule is CCCCCC/C=C/CCCCCCCCCCCCCC[N+](C(CCC)C(=O)O)(C(CCC)C(=O)O)C(CCC)C(=O)O. The molecule has 3 atom stereocenters. The minimum Gasteiger partial charge on any atom is -0.477 e. The van der Waals surface area contributed by atoms with Gasteiger partial charge in [-0.25, -0.2) is 14.4 Å². The van der Waals surface area contributed by atoms with Crippen molar-refractivity contribution < 1.29 is 34.2 Å². The maximum Gasteiger partial charge on any atom is 0.362 e. The third-order valence-corrected chi connectivity index (χ3v) is 9.34. The first-order valence-corrected chi connectivity index (χ1v) is 18.4. The van der Waals surface area contributed by atoms with Gasteiger partial charge in [-0.05, 0) is 57.8 Å². The van der Waals surface area contributed by atoms with E-state index < -0.39 is 36.0 Å². The number of nitrogens with zero attached hydrogens (tertiary/aromatic N) is 1. The molecular weight excluding hydrogens is 554 g/mol. The van der Waals surface area contributed by atoms with Crippen LogP contribution in [0.15, 0.2) is 12.2 Å². The van der Waals surface area contributed by atoms with Gasteiger partial charge in [0.05, 0.1) is 6.54 Å². The van der Waals surface area contributed by atoms with Crippen LogP contribution in [0.2, 0.25) is 0 Å². The van der Waals surface area contributed by atoms with E-state index in [2.05, 4.69) is 19.1 Å². The Balaban J connectivity index is 4.73. The number of rotatable bonds is 32. The second-order valence-corrected chi connectivity index (χ2v) is 13.0. The first-order valence-electron chi connectivity index (χ1n) is 18.4. The molecule has 0 aromatic heterocycles. The molecule has 0 aromatic rings. The van der Waals surface area contributed by atoms with E-state index >= 15 is 0 Å². The van der Waals surface area contributed by atoms with Crippen LogP contribution in [0.25, 0.3) is 0 Å². The number of hydrogen-bond acceptors (Lipinski definition) is 3. The molecule has 7 nitrogen and oxygen atoms in total. The van der Waals surface area contributed by atoms with Gasteiger partial charge in [-0.15, -0.1) is 0 Å². The fraction of sp³-hybridized carbons (Fsp3) is 0.865. The Morgan fingerprint density at radius 3 is 1.05 bits per heavy atom. The number of hydrogen-bond donors (Lipinski definition) is 3. The maximum atomic E-state index is 12.6. The summed E-state index contributed by atoms with van der Waals surface area (Å²) in [5, 5.41) is 30.9. The van der Waals surface area contributed by atoms with Crippen molar-refractivity contribution >= 4 is 17.9 Å². The average Bonchev–Trinajstić information content (AvgIpc) is 2.98. The summed E-state index contributed by atoms with van der Waals surface area (Å²) in [5.74, 6) is -3.25. The zero-order valence-corrected chi connectivity index (χ0v) is 29.1. The smallest absolute Gasteiger partial charge is 0.362 e. The molecule has 0 saturated carbocycles. The first-order chi connectivity index (χ1) is 21.2. The number of carboxylic acid groups (broad SMARTS) is 3. The molecular formula is C37H70NO6+. The summed E-state index contributed by atoms with van der Waals surface area (Å²) in [6, 6.07) is -3.13. The Morgan fingerprint density at radius 2 is 0.750 bits per heavy atom. The maximum absolute atomic E-state index is 12.6. The quantitative estimate of drug-likeness (QED) is 0.0390. The van der Waals surface area contributed by atoms with Gasteiger partial charge in [0.15, 0.2) is 18.1 Å². The highest BCUT2D eigenvalue weighted by Crippen LogP contribution is 2.34. The molecule has 0 radical (unpaired) electrons. The average molecular weight is 625 g/mol. The summed E-state index contributed by atoms with van der Waals surface area (Å²) in [4.78, 5) is 37.8. The molecule has 44 heavy (non-hydrogen) atoms. The molecule has 0 heterocycles. The van der Waals surface area contributed by atoms with Gasteiger partial charge in [0.2, 0.25) is 0 Å². The number of unbranched alkanes of at least 4 members (excludes halogenated alkanes) is 16. The van der Waals surface area contributed by atoms with Gasteiger partial charge in [0, 0.05) is 19.3 Å². The lowest BCUT2D eigenvalue weighted by atomic mass is 9.91. The molecule has 0 aliphatic heterocycles. The van der Waals surface area contributed by atoms with E-state index in [4.69, 9.17) is 0 Å². The van der Waals surface area contributed by atoms with Crippen LogP contribution in [0, 0.1) is 0 Å². The van der Waals surface area contributed by atoms with E-state index in [1.807, 2.05) is 20.8 Å². The summed E-state index contributed by atoms with van der Waals surface area (Å²) >= 11 is 0. The molecule has 0 aromatic carbocycles. The molecule has 0 aliphatic carbocycles. The first kappa shape index (κ1) is 42.1. The molecule has 0 saturated heterocycles. The summed E-state index contributed by atoms with van der Waals surface area (Å²) in [5.41, 5.74) is 0. The molecule has 0 spiro atoms. The van der Waals surface area contributed by atoms with Crippen molar-refractivity contribution in [1.29, 1.82) is 0 Å². The van der Waals surface area contributed by atoms with Crippen molar-refractivity contribution in [2.45, 2.75) is 200 Å². The van der Waals surface area contributed by atoms with Crippen molar-refractivity contribution in [3.63, 3.8) is 0 Å². The van der Waals surface area contributed by atoms with Crippen molar-refractivity contribution in [3.8, 4) is 0 Å². The van der Waals surface area contributed by atoms with Crippen molar-refractivity contribution in [2.75, 3.05) is 6.54 Å². The van der Waals surface area contributed by atoms with Crippen molar-refractivity contribution in [1.82, 2.24) is 0 Å². The number of carbonyl (C=O) groups is 3. The lowest BCUT2D eigenvalue weighted by Gasteiger charge is -2.50. The molecule has 0 rings (SSSR count). The van der Waals surface area contributed by atoms with Crippen LogP contribution in [-0.4, -0.2) is 62.4 Å². The van der Waals surface area contributed by atoms with E-state index in [9.17, 15) is 29.7 Å². The van der Waals surface area contributed by atoms with Gasteiger partial charge in [-0.1, -0.05) is 117 Å². The Kier molecular flexibility index (Phi) is 26.2. The number of aliphatic carboxylic acids is 3. The Bertz CT molecular complexity index is 707. The molecule has 3 N–H and O–H groups in total. The number of quaternary nitrogens is 1. The van der Waals surface area contributed by atoms with Crippen LogP contribution < -0.4 is 0 Å². The van der Waals surface area contributed by atoms with Crippen LogP contribution in [0.1, 0.15) is 182 Å². The highest BCUT2D eigenvalue weighted by Gasteiger charge is 2.56. The fourth-order valence-corrected chi connectivity index (χ4v) is 6.99. The number of allylic oxidation sites excluding steroid dienone is 2. The topological polar surface area (TPSA) is 112 Å². The van der Waals surface area contributed by atoms with Crippen LogP contribution in [0.5, 0.6) is 0 Å². The van der Waals surface area contributed by atoms with Gasteiger partial charge < -0.3 is 15.3 Å². The standard InChI is InChI=1S/C37H69NO6/c1-5-9-10-11-12-13-14-15-16-17-18-19-20-21-22-23-24-25-26-27-31-38(32(28-6-2)35(39)40,33(29-7-3)36(41)42)34(30-8-4)37(43)44/h13-14,32-34H,5-12,15-31H2,1-4H3,(H2-,39,40,41,42,43,44)/p+1/b14-13+. The van der Waals surface area contributed by atoms with Crippen molar-refractivity contribution in [2.24, 2.45) is 0 Å². The highest BCUT2D eigenvalue weighted by atomic mass is 16.4. The summed E-state index contributed by atoms with van der Waals surface area (Å²) in [6.45, 7) is 8.17. The Morgan fingerprint density at radius 1 is 0.455 bits per heavy atom. The zero-order valence-electron chi connectivity index (χ0n) is 29.1.